The van der Waals surface area contributed by atoms with E-state index in [9.17, 15) is 0 Å². The van der Waals surface area contributed by atoms with Crippen molar-refractivity contribution in [2.75, 3.05) is 27.4 Å². The Hall–Kier alpha value is -1.56. The van der Waals surface area contributed by atoms with Crippen LogP contribution >= 0.6 is 15.9 Å². The van der Waals surface area contributed by atoms with Crippen LogP contribution in [0, 0.1) is 0 Å². The molecular formula is C19H24BrNO3. The van der Waals surface area contributed by atoms with Crippen LogP contribution in [0.25, 0.3) is 0 Å². The Morgan fingerprint density at radius 2 is 1.83 bits per heavy atom. The Bertz CT molecular complexity index is 620. The van der Waals surface area contributed by atoms with E-state index in [-0.39, 0.29) is 0 Å². The van der Waals surface area contributed by atoms with Crippen molar-refractivity contribution in [2.45, 2.75) is 19.6 Å². The molecule has 0 atom stereocenters. The van der Waals surface area contributed by atoms with Gasteiger partial charge in [-0.25, -0.2) is 0 Å². The number of hydrogen-bond acceptors (Lipinski definition) is 4. The van der Waals surface area contributed by atoms with Gasteiger partial charge < -0.3 is 19.5 Å². The second kappa shape index (κ2) is 10.3. The highest BCUT2D eigenvalue weighted by molar-refractivity contribution is 9.10. The molecule has 0 spiro atoms. The molecule has 0 aliphatic heterocycles. The van der Waals surface area contributed by atoms with Gasteiger partial charge in [-0.3, -0.25) is 0 Å². The van der Waals surface area contributed by atoms with Crippen LogP contribution in [0.4, 0.5) is 0 Å². The first-order valence-electron chi connectivity index (χ1n) is 7.98. The second-order valence-corrected chi connectivity index (χ2v) is 6.21. The molecule has 0 aliphatic rings. The van der Waals surface area contributed by atoms with Crippen molar-refractivity contribution in [3.05, 3.63) is 58.1 Å². The lowest BCUT2D eigenvalue weighted by molar-refractivity contribution is 0.194. The largest absolute Gasteiger partial charge is 0.493 e. The first kappa shape index (κ1) is 18.8. The number of nitrogens with one attached hydrogen (secondary N) is 1. The van der Waals surface area contributed by atoms with E-state index in [1.807, 2.05) is 42.5 Å². The zero-order valence-electron chi connectivity index (χ0n) is 14.2. The Morgan fingerprint density at radius 1 is 1.04 bits per heavy atom. The minimum atomic E-state index is 0.504. The summed E-state index contributed by atoms with van der Waals surface area (Å²) in [5, 5.41) is 3.42. The van der Waals surface area contributed by atoms with Crippen molar-refractivity contribution in [2.24, 2.45) is 0 Å². The predicted molar refractivity (Wildman–Crippen MR) is 99.7 cm³/mol. The van der Waals surface area contributed by atoms with Crippen molar-refractivity contribution in [1.29, 1.82) is 0 Å². The lowest BCUT2D eigenvalue weighted by atomic mass is 10.1. The molecule has 0 aliphatic carbocycles. The van der Waals surface area contributed by atoms with Gasteiger partial charge in [0, 0.05) is 30.3 Å². The number of ether oxygens (including phenoxy) is 3. The third-order valence-electron chi connectivity index (χ3n) is 3.62. The van der Waals surface area contributed by atoms with Crippen LogP contribution in [-0.2, 0) is 17.9 Å². The fraction of sp³-hybridized carbons (Fsp3) is 0.368. The lowest BCUT2D eigenvalue weighted by Gasteiger charge is -2.17. The fourth-order valence-electron chi connectivity index (χ4n) is 2.35. The third kappa shape index (κ3) is 5.51. The zero-order chi connectivity index (χ0) is 17.2. The lowest BCUT2D eigenvalue weighted by Crippen LogP contribution is -2.17. The predicted octanol–water partition coefficient (Wildman–Crippen LogP) is 4.16. The molecule has 2 aromatic carbocycles. The normalized spacial score (nSPS) is 10.6. The maximum absolute atomic E-state index is 6.08. The van der Waals surface area contributed by atoms with Crippen molar-refractivity contribution >= 4 is 15.9 Å². The van der Waals surface area contributed by atoms with Gasteiger partial charge in [-0.15, -0.1) is 0 Å². The number of rotatable bonds is 10. The van der Waals surface area contributed by atoms with Gasteiger partial charge in [0.05, 0.1) is 7.11 Å². The van der Waals surface area contributed by atoms with E-state index in [4.69, 9.17) is 14.2 Å². The molecular weight excluding hydrogens is 370 g/mol. The number of halogens is 1. The first-order valence-corrected chi connectivity index (χ1v) is 8.77. The van der Waals surface area contributed by atoms with Crippen molar-refractivity contribution in [1.82, 2.24) is 5.32 Å². The quantitative estimate of drug-likeness (QED) is 0.615. The van der Waals surface area contributed by atoms with E-state index in [1.165, 1.54) is 0 Å². The fourth-order valence-corrected chi connectivity index (χ4v) is 2.80. The highest BCUT2D eigenvalue weighted by Gasteiger charge is 2.14. The van der Waals surface area contributed by atoms with Gasteiger partial charge in [0.15, 0.2) is 11.5 Å². The van der Waals surface area contributed by atoms with Crippen LogP contribution in [-0.4, -0.2) is 27.4 Å². The molecule has 0 amide bonds. The van der Waals surface area contributed by atoms with E-state index in [2.05, 4.69) is 21.2 Å². The van der Waals surface area contributed by atoms with Gasteiger partial charge in [0.25, 0.3) is 0 Å². The topological polar surface area (TPSA) is 39.7 Å². The molecule has 24 heavy (non-hydrogen) atoms. The van der Waals surface area contributed by atoms with Crippen LogP contribution in [0.2, 0.25) is 0 Å². The summed E-state index contributed by atoms with van der Waals surface area (Å²) in [7, 11) is 3.38. The molecule has 2 aromatic rings. The smallest absolute Gasteiger partial charge is 0.167 e. The van der Waals surface area contributed by atoms with E-state index in [1.54, 1.807) is 14.2 Å². The van der Waals surface area contributed by atoms with Gasteiger partial charge in [-0.05, 0) is 30.7 Å². The minimum absolute atomic E-state index is 0.504. The van der Waals surface area contributed by atoms with Crippen LogP contribution < -0.4 is 14.8 Å². The molecule has 5 heteroatoms. The average Bonchev–Trinajstić information content (AvgIpc) is 2.62. The maximum Gasteiger partial charge on any atom is 0.167 e. The first-order chi connectivity index (χ1) is 11.8. The summed E-state index contributed by atoms with van der Waals surface area (Å²) < 4.78 is 17.6. The molecule has 0 saturated carbocycles. The molecule has 0 bridgehead atoms. The zero-order valence-corrected chi connectivity index (χ0v) is 15.8. The molecule has 0 heterocycles. The molecule has 130 valence electrons. The van der Waals surface area contributed by atoms with Gasteiger partial charge >= 0.3 is 0 Å². The molecule has 0 aromatic heterocycles. The van der Waals surface area contributed by atoms with Gasteiger partial charge in [0.1, 0.15) is 6.61 Å². The van der Waals surface area contributed by atoms with Crippen LogP contribution in [0.5, 0.6) is 11.5 Å². The van der Waals surface area contributed by atoms with E-state index >= 15 is 0 Å². The monoisotopic (exact) mass is 393 g/mol. The second-order valence-electron chi connectivity index (χ2n) is 5.35. The third-order valence-corrected chi connectivity index (χ3v) is 4.36. The number of benzene rings is 2. The Kier molecular flexibility index (Phi) is 8.08. The summed E-state index contributed by atoms with van der Waals surface area (Å²) in [5.41, 5.74) is 2.18. The van der Waals surface area contributed by atoms with Crippen molar-refractivity contribution < 1.29 is 14.2 Å². The average molecular weight is 394 g/mol. The van der Waals surface area contributed by atoms with Crippen LogP contribution in [0.1, 0.15) is 17.5 Å². The summed E-state index contributed by atoms with van der Waals surface area (Å²) in [4.78, 5) is 0. The molecule has 1 N–H and O–H groups in total. The number of methoxy groups -OCH3 is 2. The summed E-state index contributed by atoms with van der Waals surface area (Å²) in [6.45, 7) is 2.84. The summed E-state index contributed by atoms with van der Waals surface area (Å²) in [6.07, 6.45) is 0.971. The van der Waals surface area contributed by atoms with Crippen molar-refractivity contribution in [3.63, 3.8) is 0 Å². The molecule has 0 unspecified atom stereocenters. The van der Waals surface area contributed by atoms with Gasteiger partial charge in [-0.2, -0.15) is 0 Å². The van der Waals surface area contributed by atoms with Gasteiger partial charge in [-0.1, -0.05) is 46.3 Å². The minimum Gasteiger partial charge on any atom is -0.493 e. The molecule has 2 rings (SSSR count). The summed E-state index contributed by atoms with van der Waals surface area (Å²) in [5.74, 6) is 1.51. The molecule has 4 nitrogen and oxygen atoms in total. The van der Waals surface area contributed by atoms with Crippen molar-refractivity contribution in [3.8, 4) is 11.5 Å². The Labute approximate surface area is 152 Å². The Balaban J connectivity index is 2.09. The summed E-state index contributed by atoms with van der Waals surface area (Å²) in [6, 6.07) is 14.0. The van der Waals surface area contributed by atoms with Crippen LogP contribution in [0.15, 0.2) is 46.9 Å². The van der Waals surface area contributed by atoms with Crippen LogP contribution in [0.3, 0.4) is 0 Å². The van der Waals surface area contributed by atoms with Gasteiger partial charge in [0.2, 0.25) is 0 Å². The molecule has 0 radical (unpaired) electrons. The Morgan fingerprint density at radius 3 is 2.54 bits per heavy atom. The number of hydrogen-bond donors (Lipinski definition) is 1. The standard InChI is InChI=1S/C19H24BrNO3/c1-22-12-6-11-21-13-16-17(20)9-10-18(23-2)19(16)24-14-15-7-4-3-5-8-15/h3-5,7-10,21H,6,11-14H2,1-2H3. The van der Waals surface area contributed by atoms with E-state index < -0.39 is 0 Å². The highest BCUT2D eigenvalue weighted by Crippen LogP contribution is 2.36. The van der Waals surface area contributed by atoms with E-state index in [0.29, 0.717) is 13.2 Å². The SMILES string of the molecule is COCCCNCc1c(Br)ccc(OC)c1OCc1ccccc1. The van der Waals surface area contributed by atoms with E-state index in [0.717, 1.165) is 46.7 Å². The molecule has 0 saturated heterocycles. The summed E-state index contributed by atoms with van der Waals surface area (Å²) >= 11 is 3.62. The molecule has 0 fully saturated rings. The maximum atomic E-state index is 6.08. The highest BCUT2D eigenvalue weighted by atomic mass is 79.9.